The Balaban J connectivity index is 1.38. The summed E-state index contributed by atoms with van der Waals surface area (Å²) in [5.41, 5.74) is 8.62. The monoisotopic (exact) mass is 384 g/mol. The molecule has 2 aliphatic heterocycles. The number of fused-ring (bicyclic) bond motifs is 1. The Morgan fingerprint density at radius 2 is 2.04 bits per heavy atom. The zero-order chi connectivity index (χ0) is 19.7. The topological polar surface area (TPSA) is 105 Å². The lowest BCUT2D eigenvalue weighted by Crippen LogP contribution is -2.52. The van der Waals surface area contributed by atoms with Gasteiger partial charge in [0.15, 0.2) is 0 Å². The standard InChI is InChI=1S/C21H28N4O3/c22-16-5-4-13(10-16)8-9-23-11-14-2-1-3-15-12-25(21(28)19(14)15)17-6-7-18(26)24-20(17)27/h1-3,13,16-17,23H,4-12,22H2,(H,24,26,27). The third-order valence-corrected chi connectivity index (χ3v) is 6.27. The minimum Gasteiger partial charge on any atom is -0.328 e. The number of hydrogen-bond acceptors (Lipinski definition) is 5. The highest BCUT2D eigenvalue weighted by atomic mass is 16.2. The Bertz CT molecular complexity index is 794. The number of carbonyl (C=O) groups is 3. The van der Waals surface area contributed by atoms with Crippen LogP contribution in [0.3, 0.4) is 0 Å². The van der Waals surface area contributed by atoms with E-state index in [0.717, 1.165) is 36.9 Å². The molecule has 7 heteroatoms. The molecule has 3 atom stereocenters. The van der Waals surface area contributed by atoms with Gasteiger partial charge in [-0.1, -0.05) is 18.2 Å². The molecule has 1 aromatic carbocycles. The third kappa shape index (κ3) is 3.82. The molecule has 28 heavy (non-hydrogen) atoms. The highest BCUT2D eigenvalue weighted by Crippen LogP contribution is 2.30. The van der Waals surface area contributed by atoms with Gasteiger partial charge in [-0.05, 0) is 55.7 Å². The molecule has 0 spiro atoms. The van der Waals surface area contributed by atoms with E-state index in [1.807, 2.05) is 18.2 Å². The molecule has 1 saturated heterocycles. The van der Waals surface area contributed by atoms with E-state index in [9.17, 15) is 14.4 Å². The summed E-state index contributed by atoms with van der Waals surface area (Å²) in [7, 11) is 0. The van der Waals surface area contributed by atoms with Crippen LogP contribution >= 0.6 is 0 Å². The van der Waals surface area contributed by atoms with E-state index >= 15 is 0 Å². The van der Waals surface area contributed by atoms with Gasteiger partial charge in [-0.15, -0.1) is 0 Å². The first-order valence-electron chi connectivity index (χ1n) is 10.2. The molecular weight excluding hydrogens is 356 g/mol. The van der Waals surface area contributed by atoms with Gasteiger partial charge in [-0.25, -0.2) is 0 Å². The van der Waals surface area contributed by atoms with Gasteiger partial charge in [0.05, 0.1) is 0 Å². The van der Waals surface area contributed by atoms with Crippen LogP contribution in [-0.4, -0.2) is 41.2 Å². The first-order chi connectivity index (χ1) is 13.5. The number of benzene rings is 1. The molecule has 2 heterocycles. The van der Waals surface area contributed by atoms with E-state index in [2.05, 4.69) is 10.6 Å². The van der Waals surface area contributed by atoms with Crippen LogP contribution in [0.5, 0.6) is 0 Å². The van der Waals surface area contributed by atoms with Crippen molar-refractivity contribution in [1.82, 2.24) is 15.5 Å². The van der Waals surface area contributed by atoms with Crippen molar-refractivity contribution in [3.8, 4) is 0 Å². The van der Waals surface area contributed by atoms with Gasteiger partial charge < -0.3 is 16.0 Å². The number of nitrogens with zero attached hydrogens (tertiary/aromatic N) is 1. The lowest BCUT2D eigenvalue weighted by atomic mass is 10.0. The van der Waals surface area contributed by atoms with E-state index < -0.39 is 6.04 Å². The number of hydrogen-bond donors (Lipinski definition) is 3. The number of imide groups is 1. The van der Waals surface area contributed by atoms with Crippen molar-refractivity contribution in [2.24, 2.45) is 11.7 Å². The minimum atomic E-state index is -0.565. The molecule has 4 rings (SSSR count). The lowest BCUT2D eigenvalue weighted by molar-refractivity contribution is -0.136. The fourth-order valence-corrected chi connectivity index (χ4v) is 4.74. The van der Waals surface area contributed by atoms with Crippen molar-refractivity contribution in [2.45, 2.75) is 63.7 Å². The number of piperidine rings is 1. The summed E-state index contributed by atoms with van der Waals surface area (Å²) in [5.74, 6) is -0.0392. The minimum absolute atomic E-state index is 0.108. The van der Waals surface area contributed by atoms with Crippen LogP contribution in [-0.2, 0) is 22.7 Å². The van der Waals surface area contributed by atoms with Crippen LogP contribution in [0.2, 0.25) is 0 Å². The smallest absolute Gasteiger partial charge is 0.255 e. The van der Waals surface area contributed by atoms with Crippen molar-refractivity contribution in [3.63, 3.8) is 0 Å². The Labute approximate surface area is 165 Å². The molecule has 0 radical (unpaired) electrons. The SMILES string of the molecule is NC1CCC(CCNCc2cccc3c2C(=O)N(C2CCC(=O)NC2=O)C3)C1. The summed E-state index contributed by atoms with van der Waals surface area (Å²) in [4.78, 5) is 38.2. The molecule has 1 aliphatic carbocycles. The molecule has 2 fully saturated rings. The Hall–Kier alpha value is -2.25. The van der Waals surface area contributed by atoms with Crippen molar-refractivity contribution in [3.05, 3.63) is 34.9 Å². The van der Waals surface area contributed by atoms with E-state index in [4.69, 9.17) is 5.73 Å². The summed E-state index contributed by atoms with van der Waals surface area (Å²) >= 11 is 0. The van der Waals surface area contributed by atoms with Crippen molar-refractivity contribution in [2.75, 3.05) is 6.54 Å². The molecule has 7 nitrogen and oxygen atoms in total. The summed E-state index contributed by atoms with van der Waals surface area (Å²) < 4.78 is 0. The van der Waals surface area contributed by atoms with E-state index in [1.165, 1.54) is 6.42 Å². The maximum Gasteiger partial charge on any atom is 0.255 e. The van der Waals surface area contributed by atoms with Gasteiger partial charge in [0.2, 0.25) is 11.8 Å². The molecule has 0 bridgehead atoms. The number of nitrogens with one attached hydrogen (secondary N) is 2. The second-order valence-corrected chi connectivity index (χ2v) is 8.26. The molecule has 0 aromatic heterocycles. The highest BCUT2D eigenvalue weighted by Gasteiger charge is 2.39. The summed E-state index contributed by atoms with van der Waals surface area (Å²) in [5, 5.41) is 5.81. The maximum absolute atomic E-state index is 13.0. The van der Waals surface area contributed by atoms with E-state index in [0.29, 0.717) is 37.0 Å². The first kappa shape index (κ1) is 19.1. The zero-order valence-electron chi connectivity index (χ0n) is 16.1. The van der Waals surface area contributed by atoms with Gasteiger partial charge in [0.1, 0.15) is 6.04 Å². The average molecular weight is 384 g/mol. The molecule has 3 unspecified atom stereocenters. The van der Waals surface area contributed by atoms with Crippen LogP contribution < -0.4 is 16.4 Å². The zero-order valence-corrected chi connectivity index (χ0v) is 16.1. The van der Waals surface area contributed by atoms with Crippen LogP contribution in [0.4, 0.5) is 0 Å². The summed E-state index contributed by atoms with van der Waals surface area (Å²) in [6.45, 7) is 1.97. The number of rotatable bonds is 6. The second-order valence-electron chi connectivity index (χ2n) is 8.26. The lowest BCUT2D eigenvalue weighted by Gasteiger charge is -2.29. The van der Waals surface area contributed by atoms with Gasteiger partial charge >= 0.3 is 0 Å². The molecule has 3 aliphatic rings. The number of carbonyl (C=O) groups excluding carboxylic acids is 3. The fourth-order valence-electron chi connectivity index (χ4n) is 4.74. The number of nitrogens with two attached hydrogens (primary N) is 1. The molecule has 3 amide bonds. The molecule has 1 saturated carbocycles. The third-order valence-electron chi connectivity index (χ3n) is 6.27. The maximum atomic E-state index is 13.0. The Morgan fingerprint density at radius 1 is 1.18 bits per heavy atom. The van der Waals surface area contributed by atoms with Gasteiger partial charge in [0, 0.05) is 31.1 Å². The Kier molecular flexibility index (Phi) is 5.46. The van der Waals surface area contributed by atoms with Crippen LogP contribution in [0.25, 0.3) is 0 Å². The van der Waals surface area contributed by atoms with Crippen molar-refractivity contribution in [1.29, 1.82) is 0 Å². The van der Waals surface area contributed by atoms with Crippen LogP contribution in [0.15, 0.2) is 18.2 Å². The highest BCUT2D eigenvalue weighted by molar-refractivity contribution is 6.05. The number of amides is 3. The predicted octanol–water partition coefficient (Wildman–Crippen LogP) is 1.05. The van der Waals surface area contributed by atoms with Gasteiger partial charge in [0.25, 0.3) is 5.91 Å². The average Bonchev–Trinajstić information content (AvgIpc) is 3.23. The molecule has 4 N–H and O–H groups in total. The van der Waals surface area contributed by atoms with Gasteiger partial charge in [-0.3, -0.25) is 19.7 Å². The fraction of sp³-hybridized carbons (Fsp3) is 0.571. The Morgan fingerprint density at radius 3 is 2.79 bits per heavy atom. The second kappa shape index (κ2) is 8.01. The molecular formula is C21H28N4O3. The largest absolute Gasteiger partial charge is 0.328 e. The predicted molar refractivity (Wildman–Crippen MR) is 104 cm³/mol. The van der Waals surface area contributed by atoms with Crippen molar-refractivity contribution >= 4 is 17.7 Å². The van der Waals surface area contributed by atoms with Crippen LogP contribution in [0.1, 0.15) is 60.0 Å². The van der Waals surface area contributed by atoms with E-state index in [-0.39, 0.29) is 24.1 Å². The van der Waals surface area contributed by atoms with Crippen molar-refractivity contribution < 1.29 is 14.4 Å². The summed E-state index contributed by atoms with van der Waals surface area (Å²) in [6, 6.07) is 5.68. The van der Waals surface area contributed by atoms with Gasteiger partial charge in [-0.2, -0.15) is 0 Å². The van der Waals surface area contributed by atoms with E-state index in [1.54, 1.807) is 4.90 Å². The first-order valence-corrected chi connectivity index (χ1v) is 10.2. The normalized spacial score (nSPS) is 27.2. The van der Waals surface area contributed by atoms with Crippen LogP contribution in [0, 0.1) is 5.92 Å². The molecule has 150 valence electrons. The molecule has 1 aromatic rings. The summed E-state index contributed by atoms with van der Waals surface area (Å²) in [6.07, 6.45) is 5.22. The quantitative estimate of drug-likeness (QED) is 0.502.